The van der Waals surface area contributed by atoms with Crippen molar-refractivity contribution in [2.45, 2.75) is 6.61 Å². The second-order valence-electron chi connectivity index (χ2n) is 7.02. The largest absolute Gasteiger partial charge is 0.487 e. The van der Waals surface area contributed by atoms with Gasteiger partial charge in [-0.25, -0.2) is 5.43 Å². The van der Waals surface area contributed by atoms with Gasteiger partial charge in [0.2, 0.25) is 0 Å². The summed E-state index contributed by atoms with van der Waals surface area (Å²) < 4.78 is 13.9. The molecule has 1 amide bonds. The molecule has 0 saturated heterocycles. The van der Waals surface area contributed by atoms with Crippen LogP contribution in [0.2, 0.25) is 0 Å². The fraction of sp³-hybridized carbons (Fsp3) is 0.0435. The standard InChI is InChI=1S/C23H14Br2IN3O5/c24-16-3-6-20-15(9-16)10-21(34-20)23(30)28-27-11-14-7-18(25)22(19(26)8-14)33-12-13-1-4-17(5-2-13)29(31)32/h1-11H,12H2,(H,28,30)/b27-11+. The number of amides is 1. The van der Waals surface area contributed by atoms with Crippen LogP contribution in [0.4, 0.5) is 5.69 Å². The van der Waals surface area contributed by atoms with E-state index in [0.29, 0.717) is 15.8 Å². The molecule has 1 N–H and O–H groups in total. The molecule has 0 saturated carbocycles. The molecule has 0 spiro atoms. The third kappa shape index (κ3) is 5.83. The molecule has 1 aromatic heterocycles. The quantitative estimate of drug-likeness (QED) is 0.0988. The first kappa shape index (κ1) is 24.4. The maximum atomic E-state index is 12.4. The van der Waals surface area contributed by atoms with Crippen LogP contribution >= 0.6 is 54.5 Å². The normalized spacial score (nSPS) is 11.1. The maximum Gasteiger partial charge on any atom is 0.307 e. The number of rotatable bonds is 7. The number of nitrogens with one attached hydrogen (secondary N) is 1. The first-order valence-corrected chi connectivity index (χ1v) is 12.3. The summed E-state index contributed by atoms with van der Waals surface area (Å²) in [5.41, 5.74) is 4.65. The molecule has 1 heterocycles. The average molecular weight is 699 g/mol. The number of fused-ring (bicyclic) bond motifs is 1. The van der Waals surface area contributed by atoms with Gasteiger partial charge in [0.25, 0.3) is 5.69 Å². The van der Waals surface area contributed by atoms with Crippen LogP contribution in [-0.4, -0.2) is 17.0 Å². The number of hydrazone groups is 1. The van der Waals surface area contributed by atoms with Crippen molar-refractivity contribution in [3.05, 3.63) is 100 Å². The Hall–Kier alpha value is -2.77. The van der Waals surface area contributed by atoms with E-state index in [4.69, 9.17) is 9.15 Å². The number of ether oxygens (including phenoxy) is 1. The van der Waals surface area contributed by atoms with Crippen LogP contribution in [-0.2, 0) is 6.61 Å². The summed E-state index contributed by atoms with van der Waals surface area (Å²) in [6.45, 7) is 0.254. The topological polar surface area (TPSA) is 107 Å². The zero-order valence-corrected chi connectivity index (χ0v) is 22.5. The fourth-order valence-corrected chi connectivity index (χ4v) is 5.16. The van der Waals surface area contributed by atoms with Crippen molar-refractivity contribution in [1.29, 1.82) is 0 Å². The van der Waals surface area contributed by atoms with E-state index in [2.05, 4.69) is 65.0 Å². The molecular formula is C23H14Br2IN3O5. The molecule has 11 heteroatoms. The highest BCUT2D eigenvalue weighted by Gasteiger charge is 2.13. The number of halogens is 3. The van der Waals surface area contributed by atoms with E-state index >= 15 is 0 Å². The summed E-state index contributed by atoms with van der Waals surface area (Å²) in [6, 6.07) is 17.0. The lowest BCUT2D eigenvalue weighted by atomic mass is 10.2. The molecule has 3 aromatic carbocycles. The number of benzene rings is 3. The number of nitro benzene ring substituents is 1. The maximum absolute atomic E-state index is 12.4. The number of hydrogen-bond acceptors (Lipinski definition) is 6. The molecule has 4 rings (SSSR count). The second-order valence-corrected chi connectivity index (χ2v) is 9.95. The van der Waals surface area contributed by atoms with Crippen LogP contribution < -0.4 is 10.2 Å². The summed E-state index contributed by atoms with van der Waals surface area (Å²) >= 11 is 9.03. The Bertz CT molecular complexity index is 1400. The number of furan rings is 1. The Labute approximate surface area is 223 Å². The second kappa shape index (κ2) is 10.7. The van der Waals surface area contributed by atoms with Crippen molar-refractivity contribution in [3.63, 3.8) is 0 Å². The molecule has 172 valence electrons. The molecule has 0 unspecified atom stereocenters. The highest BCUT2D eigenvalue weighted by molar-refractivity contribution is 14.1. The fourth-order valence-electron chi connectivity index (χ4n) is 3.01. The van der Waals surface area contributed by atoms with Crippen molar-refractivity contribution in [3.8, 4) is 5.75 Å². The highest BCUT2D eigenvalue weighted by atomic mass is 127. The minimum atomic E-state index is -0.458. The summed E-state index contributed by atoms with van der Waals surface area (Å²) in [4.78, 5) is 22.7. The summed E-state index contributed by atoms with van der Waals surface area (Å²) in [5.74, 6) is 0.338. The molecule has 4 aromatic rings. The van der Waals surface area contributed by atoms with Gasteiger partial charge < -0.3 is 9.15 Å². The van der Waals surface area contributed by atoms with E-state index in [-0.39, 0.29) is 18.1 Å². The van der Waals surface area contributed by atoms with Crippen LogP contribution in [0.3, 0.4) is 0 Å². The lowest BCUT2D eigenvalue weighted by molar-refractivity contribution is -0.384. The molecule has 0 aliphatic rings. The lowest BCUT2D eigenvalue weighted by Gasteiger charge is -2.11. The number of carbonyl (C=O) groups is 1. The van der Waals surface area contributed by atoms with Gasteiger partial charge in [0.05, 0.1) is 19.2 Å². The van der Waals surface area contributed by atoms with Gasteiger partial charge in [-0.3, -0.25) is 14.9 Å². The van der Waals surface area contributed by atoms with Crippen LogP contribution in [0.1, 0.15) is 21.7 Å². The predicted molar refractivity (Wildman–Crippen MR) is 143 cm³/mol. The average Bonchev–Trinajstić information content (AvgIpc) is 3.22. The highest BCUT2D eigenvalue weighted by Crippen LogP contribution is 2.32. The van der Waals surface area contributed by atoms with E-state index in [9.17, 15) is 14.9 Å². The van der Waals surface area contributed by atoms with Gasteiger partial charge in [0, 0.05) is 22.0 Å². The van der Waals surface area contributed by atoms with Crippen LogP contribution in [0, 0.1) is 13.7 Å². The van der Waals surface area contributed by atoms with Gasteiger partial charge in [0.1, 0.15) is 17.9 Å². The molecule has 0 aliphatic carbocycles. The van der Waals surface area contributed by atoms with Gasteiger partial charge in [-0.15, -0.1) is 0 Å². The van der Waals surface area contributed by atoms with Gasteiger partial charge in [-0.1, -0.05) is 15.9 Å². The number of hydrogen-bond donors (Lipinski definition) is 1. The van der Waals surface area contributed by atoms with Gasteiger partial charge in [-0.2, -0.15) is 5.10 Å². The Morgan fingerprint density at radius 2 is 1.91 bits per heavy atom. The molecular weight excluding hydrogens is 685 g/mol. The zero-order chi connectivity index (χ0) is 24.2. The molecule has 0 aliphatic heterocycles. The SMILES string of the molecule is O=C(N/N=C/c1cc(Br)c(OCc2ccc([N+](=O)[O-])cc2)c(I)c1)c1cc2cc(Br)ccc2o1. The zero-order valence-electron chi connectivity index (χ0n) is 17.1. The van der Waals surface area contributed by atoms with E-state index in [0.717, 1.165) is 24.6 Å². The predicted octanol–water partition coefficient (Wildman–Crippen LogP) is 6.81. The minimum absolute atomic E-state index is 0.0311. The molecule has 0 fully saturated rings. The summed E-state index contributed by atoms with van der Waals surface area (Å²) in [7, 11) is 0. The monoisotopic (exact) mass is 697 g/mol. The third-order valence-electron chi connectivity index (χ3n) is 4.63. The Balaban J connectivity index is 1.39. The summed E-state index contributed by atoms with van der Waals surface area (Å²) in [5, 5.41) is 15.6. The molecule has 8 nitrogen and oxygen atoms in total. The van der Waals surface area contributed by atoms with Gasteiger partial charge in [-0.05, 0) is 98.2 Å². The molecule has 0 bridgehead atoms. The van der Waals surface area contributed by atoms with E-state index in [1.165, 1.54) is 18.3 Å². The van der Waals surface area contributed by atoms with Crippen molar-refractivity contribution in [1.82, 2.24) is 5.43 Å². The lowest BCUT2D eigenvalue weighted by Crippen LogP contribution is -2.16. The van der Waals surface area contributed by atoms with Crippen molar-refractivity contribution < 1.29 is 18.9 Å². The van der Waals surface area contributed by atoms with E-state index < -0.39 is 10.8 Å². The minimum Gasteiger partial charge on any atom is -0.487 e. The van der Waals surface area contributed by atoms with Crippen molar-refractivity contribution in [2.24, 2.45) is 5.10 Å². The van der Waals surface area contributed by atoms with Gasteiger partial charge >= 0.3 is 5.91 Å². The van der Waals surface area contributed by atoms with Crippen LogP contribution in [0.25, 0.3) is 11.0 Å². The van der Waals surface area contributed by atoms with E-state index in [1.807, 2.05) is 24.3 Å². The number of nitro groups is 1. The molecule has 34 heavy (non-hydrogen) atoms. The first-order chi connectivity index (χ1) is 16.3. The van der Waals surface area contributed by atoms with Crippen LogP contribution in [0.15, 0.2) is 79.1 Å². The van der Waals surface area contributed by atoms with Crippen LogP contribution in [0.5, 0.6) is 5.75 Å². The summed E-state index contributed by atoms with van der Waals surface area (Å²) in [6.07, 6.45) is 1.52. The Morgan fingerprint density at radius 1 is 1.15 bits per heavy atom. The van der Waals surface area contributed by atoms with Crippen molar-refractivity contribution in [2.75, 3.05) is 0 Å². The Kier molecular flexibility index (Phi) is 7.63. The first-order valence-electron chi connectivity index (χ1n) is 9.68. The van der Waals surface area contributed by atoms with E-state index in [1.54, 1.807) is 24.3 Å². The Morgan fingerprint density at radius 3 is 2.62 bits per heavy atom. The third-order valence-corrected chi connectivity index (χ3v) is 6.52. The smallest absolute Gasteiger partial charge is 0.307 e. The molecule has 0 radical (unpaired) electrons. The van der Waals surface area contributed by atoms with Gasteiger partial charge in [0.15, 0.2) is 5.76 Å². The van der Waals surface area contributed by atoms with Crippen molar-refractivity contribution >= 4 is 83.2 Å². The number of nitrogens with zero attached hydrogens (tertiary/aromatic N) is 2. The number of non-ortho nitro benzene ring substituents is 1. The molecule has 0 atom stereocenters. The number of carbonyl (C=O) groups excluding carboxylic acids is 1.